The molecule has 0 aliphatic rings. The maximum atomic E-state index is 6.30. The lowest BCUT2D eigenvalue weighted by Gasteiger charge is -2.13. The molecule has 1 aromatic heterocycles. The van der Waals surface area contributed by atoms with E-state index in [1.165, 1.54) is 17.3 Å². The minimum Gasteiger partial charge on any atom is -0.416 e. The molecule has 0 aliphatic heterocycles. The van der Waals surface area contributed by atoms with Crippen molar-refractivity contribution in [2.45, 2.75) is 17.4 Å². The highest BCUT2D eigenvalue weighted by molar-refractivity contribution is 9.10. The summed E-state index contributed by atoms with van der Waals surface area (Å²) in [7, 11) is 0. The van der Waals surface area contributed by atoms with E-state index in [0.29, 0.717) is 33.3 Å². The van der Waals surface area contributed by atoms with Gasteiger partial charge in [-0.1, -0.05) is 87.3 Å². The van der Waals surface area contributed by atoms with Crippen molar-refractivity contribution >= 4 is 62.3 Å². The van der Waals surface area contributed by atoms with Gasteiger partial charge in [0.25, 0.3) is 5.22 Å². The van der Waals surface area contributed by atoms with Crippen molar-refractivity contribution in [1.29, 1.82) is 0 Å². The summed E-state index contributed by atoms with van der Waals surface area (Å²) >= 11 is 17.6. The van der Waals surface area contributed by atoms with Crippen LogP contribution in [0, 0.1) is 0 Å². The monoisotopic (exact) mass is 519 g/mol. The number of thioether (sulfide) groups is 1. The Morgan fingerprint density at radius 3 is 2.50 bits per heavy atom. The number of halogens is 3. The third-order valence-corrected chi connectivity index (χ3v) is 6.29. The maximum Gasteiger partial charge on any atom is 0.276 e. The van der Waals surface area contributed by atoms with E-state index in [2.05, 4.69) is 43.6 Å². The van der Waals surface area contributed by atoms with Crippen molar-refractivity contribution in [2.24, 2.45) is 0 Å². The first-order valence-electron chi connectivity index (χ1n) is 9.07. The van der Waals surface area contributed by atoms with Crippen molar-refractivity contribution in [3.05, 3.63) is 98.3 Å². The Labute approximate surface area is 197 Å². The molecule has 1 N–H and O–H groups in total. The van der Waals surface area contributed by atoms with Crippen LogP contribution in [0.15, 0.2) is 80.8 Å². The number of aromatic nitrogens is 2. The van der Waals surface area contributed by atoms with Crippen LogP contribution in [0.1, 0.15) is 17.0 Å². The van der Waals surface area contributed by atoms with E-state index in [1.54, 1.807) is 12.1 Å². The Balaban J connectivity index is 1.46. The van der Waals surface area contributed by atoms with Gasteiger partial charge in [-0.15, -0.1) is 10.2 Å². The number of hydrogen-bond acceptors (Lipinski definition) is 5. The predicted octanol–water partition coefficient (Wildman–Crippen LogP) is 7.77. The summed E-state index contributed by atoms with van der Waals surface area (Å²) in [6.07, 6.45) is 0.496. The van der Waals surface area contributed by atoms with Crippen LogP contribution in [-0.2, 0) is 12.2 Å². The zero-order valence-corrected chi connectivity index (χ0v) is 19.5. The molecule has 0 radical (unpaired) electrons. The summed E-state index contributed by atoms with van der Waals surface area (Å²) in [5.41, 5.74) is 3.74. The van der Waals surface area contributed by atoms with Gasteiger partial charge in [0.15, 0.2) is 0 Å². The van der Waals surface area contributed by atoms with Crippen LogP contribution in [0.2, 0.25) is 10.0 Å². The molecule has 0 saturated heterocycles. The lowest BCUT2D eigenvalue weighted by atomic mass is 10.1. The molecule has 0 saturated carbocycles. The summed E-state index contributed by atoms with van der Waals surface area (Å²) < 4.78 is 6.89. The van der Waals surface area contributed by atoms with Gasteiger partial charge in [-0.05, 0) is 41.5 Å². The van der Waals surface area contributed by atoms with Gasteiger partial charge >= 0.3 is 0 Å². The number of para-hydroxylation sites is 2. The largest absolute Gasteiger partial charge is 0.416 e. The second-order valence-electron chi connectivity index (χ2n) is 6.44. The number of benzene rings is 3. The van der Waals surface area contributed by atoms with Gasteiger partial charge in [0.2, 0.25) is 5.89 Å². The van der Waals surface area contributed by atoms with Gasteiger partial charge < -0.3 is 9.73 Å². The number of rotatable bonds is 7. The molecule has 0 atom stereocenters. The van der Waals surface area contributed by atoms with E-state index in [-0.39, 0.29) is 0 Å². The molecular formula is C22H16BrCl2N3OS. The van der Waals surface area contributed by atoms with E-state index < -0.39 is 0 Å². The summed E-state index contributed by atoms with van der Waals surface area (Å²) in [4.78, 5) is 0. The minimum absolute atomic E-state index is 0.496. The average molecular weight is 521 g/mol. The first-order valence-corrected chi connectivity index (χ1v) is 11.6. The first kappa shape index (κ1) is 21.2. The maximum absolute atomic E-state index is 6.30. The smallest absolute Gasteiger partial charge is 0.276 e. The van der Waals surface area contributed by atoms with E-state index in [1.807, 2.05) is 42.5 Å². The van der Waals surface area contributed by atoms with Crippen LogP contribution < -0.4 is 5.32 Å². The van der Waals surface area contributed by atoms with Crippen molar-refractivity contribution in [2.75, 3.05) is 5.32 Å². The lowest BCUT2D eigenvalue weighted by Crippen LogP contribution is -1.98. The van der Waals surface area contributed by atoms with E-state index in [0.717, 1.165) is 21.5 Å². The molecule has 0 spiro atoms. The Morgan fingerprint density at radius 1 is 0.933 bits per heavy atom. The zero-order chi connectivity index (χ0) is 20.9. The standard InChI is InChI=1S/C22H16BrCl2N3OS/c23-16-7-3-5-14(11-16)13-30-22-28-27-20(29-22)12-15-6-1-2-10-19(15)26-21-17(24)8-4-9-18(21)25/h1-11,26H,12-13H2. The van der Waals surface area contributed by atoms with Gasteiger partial charge in [-0.3, -0.25) is 0 Å². The summed E-state index contributed by atoms with van der Waals surface area (Å²) in [6, 6.07) is 21.4. The van der Waals surface area contributed by atoms with Crippen LogP contribution in [0.4, 0.5) is 11.4 Å². The van der Waals surface area contributed by atoms with Crippen LogP contribution in [0.5, 0.6) is 0 Å². The molecular weight excluding hydrogens is 505 g/mol. The molecule has 0 fully saturated rings. The molecule has 8 heteroatoms. The zero-order valence-electron chi connectivity index (χ0n) is 15.6. The number of nitrogens with one attached hydrogen (secondary N) is 1. The fourth-order valence-electron chi connectivity index (χ4n) is 2.85. The van der Waals surface area contributed by atoms with E-state index in [4.69, 9.17) is 27.6 Å². The Morgan fingerprint density at radius 2 is 1.70 bits per heavy atom. The molecule has 4 aromatic rings. The number of hydrogen-bond donors (Lipinski definition) is 1. The Kier molecular flexibility index (Phi) is 7.00. The van der Waals surface area contributed by atoms with Gasteiger partial charge in [-0.25, -0.2) is 0 Å². The minimum atomic E-state index is 0.496. The molecule has 30 heavy (non-hydrogen) atoms. The molecule has 0 bridgehead atoms. The molecule has 0 aliphatic carbocycles. The van der Waals surface area contributed by atoms with Crippen LogP contribution >= 0.6 is 50.9 Å². The van der Waals surface area contributed by atoms with Gasteiger partial charge in [0, 0.05) is 15.9 Å². The van der Waals surface area contributed by atoms with Crippen molar-refractivity contribution < 1.29 is 4.42 Å². The van der Waals surface area contributed by atoms with E-state index in [9.17, 15) is 0 Å². The third kappa shape index (κ3) is 5.38. The highest BCUT2D eigenvalue weighted by Gasteiger charge is 2.13. The summed E-state index contributed by atoms with van der Waals surface area (Å²) in [5.74, 6) is 1.30. The normalized spacial score (nSPS) is 10.9. The Bertz CT molecular complexity index is 1150. The molecule has 1 heterocycles. The fraction of sp³-hybridized carbons (Fsp3) is 0.0909. The average Bonchev–Trinajstić information content (AvgIpc) is 3.18. The number of anilines is 2. The molecule has 152 valence electrons. The first-order chi connectivity index (χ1) is 14.6. The highest BCUT2D eigenvalue weighted by atomic mass is 79.9. The molecule has 0 amide bonds. The molecule has 4 nitrogen and oxygen atoms in total. The Hall–Kier alpha value is -1.99. The fourth-order valence-corrected chi connectivity index (χ4v) is 4.51. The van der Waals surface area contributed by atoms with Crippen LogP contribution in [0.25, 0.3) is 0 Å². The van der Waals surface area contributed by atoms with Gasteiger partial charge in [-0.2, -0.15) is 0 Å². The predicted molar refractivity (Wildman–Crippen MR) is 127 cm³/mol. The highest BCUT2D eigenvalue weighted by Crippen LogP contribution is 2.34. The van der Waals surface area contributed by atoms with Crippen molar-refractivity contribution in [3.8, 4) is 0 Å². The second-order valence-corrected chi connectivity index (χ2v) is 9.09. The lowest BCUT2D eigenvalue weighted by molar-refractivity contribution is 0.420. The quantitative estimate of drug-likeness (QED) is 0.252. The number of nitrogens with zero attached hydrogens (tertiary/aromatic N) is 2. The van der Waals surface area contributed by atoms with Gasteiger partial charge in [0.1, 0.15) is 0 Å². The second kappa shape index (κ2) is 9.88. The van der Waals surface area contributed by atoms with Crippen molar-refractivity contribution in [1.82, 2.24) is 10.2 Å². The third-order valence-electron chi connectivity index (χ3n) is 4.28. The molecule has 3 aromatic carbocycles. The SMILES string of the molecule is Clc1cccc(Cl)c1Nc1ccccc1Cc1nnc(SCc2cccc(Br)c2)o1. The molecule has 0 unspecified atom stereocenters. The van der Waals surface area contributed by atoms with Gasteiger partial charge in [0.05, 0.1) is 22.2 Å². The summed E-state index contributed by atoms with van der Waals surface area (Å²) in [6.45, 7) is 0. The van der Waals surface area contributed by atoms with Crippen LogP contribution in [-0.4, -0.2) is 10.2 Å². The summed E-state index contributed by atoms with van der Waals surface area (Å²) in [5, 5.41) is 13.3. The van der Waals surface area contributed by atoms with E-state index >= 15 is 0 Å². The molecule has 4 rings (SSSR count). The topological polar surface area (TPSA) is 51.0 Å². The van der Waals surface area contributed by atoms with Crippen molar-refractivity contribution in [3.63, 3.8) is 0 Å². The van der Waals surface area contributed by atoms with Crippen LogP contribution in [0.3, 0.4) is 0 Å².